The molecule has 72 valence electrons. The zero-order valence-electron chi connectivity index (χ0n) is 8.54. The van der Waals surface area contributed by atoms with Gasteiger partial charge < -0.3 is 10.0 Å². The molecule has 2 N–H and O–H groups in total. The van der Waals surface area contributed by atoms with Crippen LogP contribution in [0.25, 0.3) is 0 Å². The van der Waals surface area contributed by atoms with Crippen LogP contribution in [0, 0.1) is 16.7 Å². The van der Waals surface area contributed by atoms with Gasteiger partial charge in [0.05, 0.1) is 0 Å². The van der Waals surface area contributed by atoms with Gasteiger partial charge in [0.25, 0.3) is 0 Å². The highest BCUT2D eigenvalue weighted by Crippen LogP contribution is 2.65. The van der Waals surface area contributed by atoms with Crippen molar-refractivity contribution in [1.82, 2.24) is 0 Å². The molecule has 0 saturated heterocycles. The van der Waals surface area contributed by atoms with Crippen LogP contribution in [-0.2, 0) is 0 Å². The van der Waals surface area contributed by atoms with Gasteiger partial charge in [0.2, 0.25) is 0 Å². The van der Waals surface area contributed by atoms with E-state index in [2.05, 4.69) is 26.8 Å². The fraction of sp³-hybridized carbons (Fsp3) is 0.800. The molecule has 2 nitrogen and oxygen atoms in total. The van der Waals surface area contributed by atoms with E-state index in [-0.39, 0.29) is 10.8 Å². The first-order valence-electron chi connectivity index (χ1n) is 4.98. The Morgan fingerprint density at radius 1 is 1.38 bits per heavy atom. The molecule has 0 aromatic rings. The summed E-state index contributed by atoms with van der Waals surface area (Å²) in [6.45, 7) is 6.62. The molecule has 0 aromatic carbocycles. The number of hydrogen-bond acceptors (Lipinski definition) is 2. The minimum atomic E-state index is -1.26. The fourth-order valence-corrected chi connectivity index (χ4v) is 3.12. The van der Waals surface area contributed by atoms with Crippen LogP contribution in [0.5, 0.6) is 0 Å². The van der Waals surface area contributed by atoms with Gasteiger partial charge in [-0.3, -0.25) is 0 Å². The van der Waals surface area contributed by atoms with Crippen molar-refractivity contribution in [2.75, 3.05) is 0 Å². The standard InChI is InChI=1S/C10H17BO2/c1-9(2)7-4-5-10(9,3)8(6-7)11(12)13/h6-7,12-13H,4-5H2,1-3H3/t7-,10-/m0/s1. The normalized spacial score (nSPS) is 40.7. The molecule has 2 aliphatic rings. The summed E-state index contributed by atoms with van der Waals surface area (Å²) < 4.78 is 0. The minimum Gasteiger partial charge on any atom is -0.423 e. The first kappa shape index (κ1) is 9.29. The lowest BCUT2D eigenvalue weighted by molar-refractivity contribution is 0.172. The van der Waals surface area contributed by atoms with E-state index in [4.69, 9.17) is 0 Å². The molecule has 2 rings (SSSR count). The second kappa shape index (κ2) is 2.40. The van der Waals surface area contributed by atoms with E-state index in [1.807, 2.05) is 0 Å². The smallest absolute Gasteiger partial charge is 0.423 e. The summed E-state index contributed by atoms with van der Waals surface area (Å²) in [4.78, 5) is 0. The molecule has 2 bridgehead atoms. The molecule has 1 fully saturated rings. The van der Waals surface area contributed by atoms with Gasteiger partial charge in [-0.15, -0.1) is 0 Å². The maximum absolute atomic E-state index is 9.26. The molecule has 1 saturated carbocycles. The van der Waals surface area contributed by atoms with Gasteiger partial charge in [-0.25, -0.2) is 0 Å². The topological polar surface area (TPSA) is 40.5 Å². The Morgan fingerprint density at radius 2 is 2.00 bits per heavy atom. The monoisotopic (exact) mass is 180 g/mol. The summed E-state index contributed by atoms with van der Waals surface area (Å²) in [6, 6.07) is 0. The summed E-state index contributed by atoms with van der Waals surface area (Å²) in [5, 5.41) is 18.5. The van der Waals surface area contributed by atoms with Gasteiger partial charge in [0, 0.05) is 0 Å². The molecule has 0 amide bonds. The van der Waals surface area contributed by atoms with Gasteiger partial charge in [-0.1, -0.05) is 26.8 Å². The summed E-state index contributed by atoms with van der Waals surface area (Å²) in [6.07, 6.45) is 4.36. The minimum absolute atomic E-state index is 0.00579. The van der Waals surface area contributed by atoms with Crippen molar-refractivity contribution in [3.8, 4) is 0 Å². The molecule has 3 heteroatoms. The van der Waals surface area contributed by atoms with Crippen molar-refractivity contribution >= 4 is 7.12 Å². The van der Waals surface area contributed by atoms with Crippen molar-refractivity contribution in [1.29, 1.82) is 0 Å². The molecule has 13 heavy (non-hydrogen) atoms. The SMILES string of the molecule is CC1(C)[C@@H]2C=C(B(O)O)[C@]1(C)CC2. The van der Waals surface area contributed by atoms with Crippen LogP contribution in [0.15, 0.2) is 11.5 Å². The zero-order valence-corrected chi connectivity index (χ0v) is 8.54. The third-order valence-corrected chi connectivity index (χ3v) is 4.60. The van der Waals surface area contributed by atoms with Crippen LogP contribution in [-0.4, -0.2) is 17.2 Å². The lowest BCUT2D eigenvalue weighted by Gasteiger charge is -2.37. The van der Waals surface area contributed by atoms with E-state index < -0.39 is 7.12 Å². The lowest BCUT2D eigenvalue weighted by atomic mass is 9.58. The van der Waals surface area contributed by atoms with Crippen molar-refractivity contribution in [2.45, 2.75) is 33.6 Å². The molecule has 0 spiro atoms. The first-order valence-corrected chi connectivity index (χ1v) is 4.98. The molecule has 2 atom stereocenters. The number of allylic oxidation sites excluding steroid dienone is 2. The Kier molecular flexibility index (Phi) is 1.71. The Bertz CT molecular complexity index is 270. The molecule has 0 unspecified atom stereocenters. The Labute approximate surface area is 79.8 Å². The summed E-state index contributed by atoms with van der Waals surface area (Å²) in [5.41, 5.74) is 1.05. The van der Waals surface area contributed by atoms with Crippen LogP contribution >= 0.6 is 0 Å². The highest BCUT2D eigenvalue weighted by Gasteiger charge is 2.58. The molecule has 0 radical (unpaired) electrons. The van der Waals surface area contributed by atoms with E-state index in [0.717, 1.165) is 11.9 Å². The maximum atomic E-state index is 9.26. The van der Waals surface area contributed by atoms with Crippen LogP contribution in [0.4, 0.5) is 0 Å². The molecular weight excluding hydrogens is 163 g/mol. The second-order valence-electron chi connectivity index (χ2n) is 5.19. The van der Waals surface area contributed by atoms with Gasteiger partial charge in [0.15, 0.2) is 0 Å². The zero-order chi connectivity index (χ0) is 9.85. The number of hydrogen-bond donors (Lipinski definition) is 2. The molecule has 0 aliphatic heterocycles. The summed E-state index contributed by atoms with van der Waals surface area (Å²) >= 11 is 0. The molecular formula is C10H17BO2. The van der Waals surface area contributed by atoms with Gasteiger partial charge in [0.1, 0.15) is 0 Å². The van der Waals surface area contributed by atoms with Crippen molar-refractivity contribution in [2.24, 2.45) is 16.7 Å². The highest BCUT2D eigenvalue weighted by atomic mass is 16.4. The van der Waals surface area contributed by atoms with E-state index in [0.29, 0.717) is 5.92 Å². The van der Waals surface area contributed by atoms with Crippen molar-refractivity contribution in [3.63, 3.8) is 0 Å². The van der Waals surface area contributed by atoms with Crippen molar-refractivity contribution in [3.05, 3.63) is 11.5 Å². The molecule has 0 aromatic heterocycles. The van der Waals surface area contributed by atoms with E-state index in [9.17, 15) is 10.0 Å². The summed E-state index contributed by atoms with van der Waals surface area (Å²) in [7, 11) is -1.26. The third kappa shape index (κ3) is 0.920. The predicted molar refractivity (Wildman–Crippen MR) is 52.9 cm³/mol. The van der Waals surface area contributed by atoms with E-state index >= 15 is 0 Å². The predicted octanol–water partition coefficient (Wildman–Crippen LogP) is 1.38. The molecule has 0 heterocycles. The molecule has 2 aliphatic carbocycles. The van der Waals surface area contributed by atoms with Gasteiger partial charge in [-0.05, 0) is 35.1 Å². The summed E-state index contributed by atoms with van der Waals surface area (Å²) in [5.74, 6) is 0.536. The second-order valence-corrected chi connectivity index (χ2v) is 5.19. The number of fused-ring (bicyclic) bond motifs is 2. The maximum Gasteiger partial charge on any atom is 0.484 e. The average molecular weight is 180 g/mol. The quantitative estimate of drug-likeness (QED) is 0.598. The largest absolute Gasteiger partial charge is 0.484 e. The van der Waals surface area contributed by atoms with E-state index in [1.165, 1.54) is 6.42 Å². The average Bonchev–Trinajstić information content (AvgIpc) is 2.34. The first-order chi connectivity index (χ1) is 5.89. The number of rotatable bonds is 1. The third-order valence-electron chi connectivity index (χ3n) is 4.60. The van der Waals surface area contributed by atoms with Gasteiger partial charge >= 0.3 is 7.12 Å². The van der Waals surface area contributed by atoms with Crippen LogP contribution in [0.3, 0.4) is 0 Å². The Hall–Kier alpha value is -0.275. The lowest BCUT2D eigenvalue weighted by Crippen LogP contribution is -2.35. The fourth-order valence-electron chi connectivity index (χ4n) is 3.12. The van der Waals surface area contributed by atoms with Crippen LogP contribution < -0.4 is 0 Å². The van der Waals surface area contributed by atoms with Crippen LogP contribution in [0.1, 0.15) is 33.6 Å². The Morgan fingerprint density at radius 3 is 2.23 bits per heavy atom. The van der Waals surface area contributed by atoms with E-state index in [1.54, 1.807) is 0 Å². The Balaban J connectivity index is 2.43. The van der Waals surface area contributed by atoms with Crippen molar-refractivity contribution < 1.29 is 10.0 Å². The van der Waals surface area contributed by atoms with Crippen LogP contribution in [0.2, 0.25) is 0 Å². The highest BCUT2D eigenvalue weighted by molar-refractivity contribution is 6.51. The van der Waals surface area contributed by atoms with Gasteiger partial charge in [-0.2, -0.15) is 0 Å².